The molecule has 0 aliphatic heterocycles. The van der Waals surface area contributed by atoms with Crippen molar-refractivity contribution in [2.75, 3.05) is 0 Å². The second-order valence-electron chi connectivity index (χ2n) is 3.28. The summed E-state index contributed by atoms with van der Waals surface area (Å²) >= 11 is 4.43. The Balaban J connectivity index is 2.91. The van der Waals surface area contributed by atoms with Crippen LogP contribution in [0.1, 0.15) is 15.9 Å². The predicted molar refractivity (Wildman–Crippen MR) is 61.3 cm³/mol. The number of rotatable bonds is 1. The highest BCUT2D eigenvalue weighted by atomic mass is 32.1. The van der Waals surface area contributed by atoms with Gasteiger partial charge in [0.15, 0.2) is 0 Å². The van der Waals surface area contributed by atoms with Crippen LogP contribution >= 0.6 is 12.6 Å². The molecule has 2 rings (SSSR count). The average Bonchev–Trinajstić information content (AvgIpc) is 2.23. The molecule has 0 saturated carbocycles. The first-order valence-electron chi connectivity index (χ1n) is 4.40. The normalized spacial score (nSPS) is 10.4. The minimum Gasteiger partial charge on any atom is -0.298 e. The summed E-state index contributed by atoms with van der Waals surface area (Å²) in [5.74, 6) is 0. The van der Waals surface area contributed by atoms with Gasteiger partial charge < -0.3 is 0 Å². The van der Waals surface area contributed by atoms with Gasteiger partial charge in [-0.1, -0.05) is 24.3 Å². The van der Waals surface area contributed by atoms with Crippen LogP contribution in [-0.4, -0.2) is 6.29 Å². The number of thiol groups is 1. The van der Waals surface area contributed by atoms with Gasteiger partial charge in [0.1, 0.15) is 6.29 Å². The molecule has 0 atom stereocenters. The molecule has 2 aromatic rings. The summed E-state index contributed by atoms with van der Waals surface area (Å²) in [4.78, 5) is 11.7. The molecule has 70 valence electrons. The quantitative estimate of drug-likeness (QED) is 0.555. The van der Waals surface area contributed by atoms with Crippen LogP contribution in [0, 0.1) is 6.92 Å². The molecule has 0 unspecified atom stereocenters. The third-order valence-electron chi connectivity index (χ3n) is 2.44. The maximum Gasteiger partial charge on any atom is 0.150 e. The second kappa shape index (κ2) is 3.46. The van der Waals surface area contributed by atoms with Crippen molar-refractivity contribution in [3.8, 4) is 0 Å². The van der Waals surface area contributed by atoms with E-state index in [9.17, 15) is 4.79 Å². The molecule has 14 heavy (non-hydrogen) atoms. The summed E-state index contributed by atoms with van der Waals surface area (Å²) in [6.07, 6.45) is 0.876. The summed E-state index contributed by atoms with van der Waals surface area (Å²) < 4.78 is 0. The molecule has 0 fully saturated rings. The third kappa shape index (κ3) is 1.32. The van der Waals surface area contributed by atoms with Gasteiger partial charge in [0.2, 0.25) is 0 Å². The minimum absolute atomic E-state index is 0.716. The summed E-state index contributed by atoms with van der Waals surface area (Å²) in [6, 6.07) is 9.83. The van der Waals surface area contributed by atoms with Crippen LogP contribution < -0.4 is 0 Å². The minimum atomic E-state index is 0.716. The molecule has 0 N–H and O–H groups in total. The van der Waals surface area contributed by atoms with E-state index in [1.165, 1.54) is 0 Å². The molecule has 0 heterocycles. The summed E-state index contributed by atoms with van der Waals surface area (Å²) in [5, 5.41) is 2.16. The molecule has 0 radical (unpaired) electrons. The Bertz CT molecular complexity index is 503. The largest absolute Gasteiger partial charge is 0.298 e. The number of hydrogen-bond acceptors (Lipinski definition) is 2. The molecule has 0 spiro atoms. The molecule has 0 aliphatic rings. The van der Waals surface area contributed by atoms with Gasteiger partial charge in [0.05, 0.1) is 0 Å². The fourth-order valence-corrected chi connectivity index (χ4v) is 1.91. The zero-order chi connectivity index (χ0) is 10.1. The van der Waals surface area contributed by atoms with E-state index in [1.54, 1.807) is 0 Å². The van der Waals surface area contributed by atoms with Gasteiger partial charge in [0, 0.05) is 10.5 Å². The van der Waals surface area contributed by atoms with E-state index in [0.717, 1.165) is 27.5 Å². The fourth-order valence-electron chi connectivity index (χ4n) is 1.58. The van der Waals surface area contributed by atoms with Crippen molar-refractivity contribution in [2.45, 2.75) is 11.8 Å². The van der Waals surface area contributed by atoms with Crippen molar-refractivity contribution >= 4 is 29.7 Å². The zero-order valence-electron chi connectivity index (χ0n) is 7.82. The highest BCUT2D eigenvalue weighted by Gasteiger charge is 2.05. The van der Waals surface area contributed by atoms with Gasteiger partial charge >= 0.3 is 0 Å². The van der Waals surface area contributed by atoms with Gasteiger partial charge in [-0.25, -0.2) is 0 Å². The number of aldehydes is 1. The Hall–Kier alpha value is -1.28. The second-order valence-corrected chi connectivity index (χ2v) is 3.73. The molecule has 0 aromatic heterocycles. The molecule has 2 heteroatoms. The van der Waals surface area contributed by atoms with Crippen LogP contribution in [0.2, 0.25) is 0 Å². The van der Waals surface area contributed by atoms with Crippen LogP contribution in [0.5, 0.6) is 0 Å². The van der Waals surface area contributed by atoms with Gasteiger partial charge in [-0.05, 0) is 29.3 Å². The topological polar surface area (TPSA) is 17.1 Å². The van der Waals surface area contributed by atoms with E-state index in [0.29, 0.717) is 5.56 Å². The molecule has 0 aliphatic carbocycles. The first-order valence-corrected chi connectivity index (χ1v) is 4.85. The lowest BCUT2D eigenvalue weighted by molar-refractivity contribution is 0.112. The maximum absolute atomic E-state index is 10.8. The molecule has 0 bridgehead atoms. The number of carbonyl (C=O) groups excluding carboxylic acids is 1. The third-order valence-corrected chi connectivity index (χ3v) is 3.02. The highest BCUT2D eigenvalue weighted by molar-refractivity contribution is 7.80. The van der Waals surface area contributed by atoms with E-state index in [1.807, 2.05) is 37.3 Å². The van der Waals surface area contributed by atoms with E-state index < -0.39 is 0 Å². The Morgan fingerprint density at radius 3 is 2.71 bits per heavy atom. The number of benzene rings is 2. The number of hydrogen-bond donors (Lipinski definition) is 1. The van der Waals surface area contributed by atoms with Crippen molar-refractivity contribution in [2.24, 2.45) is 0 Å². The number of carbonyl (C=O) groups is 1. The number of fused-ring (bicyclic) bond motifs is 1. The monoisotopic (exact) mass is 202 g/mol. The SMILES string of the molecule is Cc1c(C=O)cc2ccccc2c1S. The van der Waals surface area contributed by atoms with Crippen molar-refractivity contribution in [1.82, 2.24) is 0 Å². The predicted octanol–water partition coefficient (Wildman–Crippen LogP) is 3.25. The standard InChI is InChI=1S/C12H10OS/c1-8-10(7-13)6-9-4-2-3-5-11(9)12(8)14/h2-7,14H,1H3. The zero-order valence-corrected chi connectivity index (χ0v) is 8.71. The van der Waals surface area contributed by atoms with Gasteiger partial charge in [-0.15, -0.1) is 12.6 Å². The lowest BCUT2D eigenvalue weighted by Gasteiger charge is -2.07. The van der Waals surface area contributed by atoms with E-state index in [-0.39, 0.29) is 0 Å². The summed E-state index contributed by atoms with van der Waals surface area (Å²) in [6.45, 7) is 1.92. The lowest BCUT2D eigenvalue weighted by Crippen LogP contribution is -1.89. The van der Waals surface area contributed by atoms with Crippen molar-refractivity contribution in [3.63, 3.8) is 0 Å². The first-order chi connectivity index (χ1) is 6.74. The van der Waals surface area contributed by atoms with E-state index in [2.05, 4.69) is 12.6 Å². The highest BCUT2D eigenvalue weighted by Crippen LogP contribution is 2.27. The van der Waals surface area contributed by atoms with Gasteiger partial charge in [0.25, 0.3) is 0 Å². The molecule has 1 nitrogen and oxygen atoms in total. The summed E-state index contributed by atoms with van der Waals surface area (Å²) in [7, 11) is 0. The summed E-state index contributed by atoms with van der Waals surface area (Å²) in [5.41, 5.74) is 1.66. The lowest BCUT2D eigenvalue weighted by atomic mass is 10.0. The van der Waals surface area contributed by atoms with Crippen molar-refractivity contribution in [3.05, 3.63) is 41.5 Å². The Morgan fingerprint density at radius 1 is 1.29 bits per heavy atom. The first kappa shape index (κ1) is 9.28. The van der Waals surface area contributed by atoms with E-state index >= 15 is 0 Å². The van der Waals surface area contributed by atoms with E-state index in [4.69, 9.17) is 0 Å². The van der Waals surface area contributed by atoms with Crippen LogP contribution in [0.25, 0.3) is 10.8 Å². The van der Waals surface area contributed by atoms with Gasteiger partial charge in [-0.3, -0.25) is 4.79 Å². The molecule has 0 saturated heterocycles. The maximum atomic E-state index is 10.8. The molecular formula is C12H10OS. The van der Waals surface area contributed by atoms with Crippen LogP contribution in [0.3, 0.4) is 0 Å². The van der Waals surface area contributed by atoms with Crippen LogP contribution in [0.15, 0.2) is 35.2 Å². The van der Waals surface area contributed by atoms with Crippen molar-refractivity contribution < 1.29 is 4.79 Å². The Labute approximate surface area is 88.2 Å². The van der Waals surface area contributed by atoms with Crippen LogP contribution in [0.4, 0.5) is 0 Å². The van der Waals surface area contributed by atoms with Crippen molar-refractivity contribution in [1.29, 1.82) is 0 Å². The van der Waals surface area contributed by atoms with Gasteiger partial charge in [-0.2, -0.15) is 0 Å². The molecule has 0 amide bonds. The smallest absolute Gasteiger partial charge is 0.150 e. The Morgan fingerprint density at radius 2 is 2.00 bits per heavy atom. The van der Waals surface area contributed by atoms with Crippen LogP contribution in [-0.2, 0) is 0 Å². The fraction of sp³-hybridized carbons (Fsp3) is 0.0833. The molecular weight excluding hydrogens is 192 g/mol. The average molecular weight is 202 g/mol. The Kier molecular flexibility index (Phi) is 2.30. The molecule has 2 aromatic carbocycles.